The zero-order valence-electron chi connectivity index (χ0n) is 58.1. The first kappa shape index (κ1) is 87.8. The quantitative estimate of drug-likeness (QED) is 0.0621. The van der Waals surface area contributed by atoms with Gasteiger partial charge in [0, 0.05) is 32.2 Å². The van der Waals surface area contributed by atoms with Crippen molar-refractivity contribution >= 4 is 119 Å². The number of aliphatic hydroxyl groups is 1. The van der Waals surface area contributed by atoms with Crippen LogP contribution in [0.2, 0.25) is 0 Å². The van der Waals surface area contributed by atoms with Gasteiger partial charge in [0.2, 0.25) is 76.8 Å². The van der Waals surface area contributed by atoms with E-state index in [1.54, 1.807) is 0 Å². The van der Waals surface area contributed by atoms with Gasteiger partial charge in [-0.1, -0.05) is 38.1 Å². The maximum Gasteiger partial charge on any atom is 0.326 e. The molecule has 0 bridgehead atoms. The molecule has 4 rings (SSSR count). The Labute approximate surface area is 611 Å². The predicted molar refractivity (Wildman–Crippen MR) is 359 cm³/mol. The summed E-state index contributed by atoms with van der Waals surface area (Å²) < 4.78 is 0. The highest BCUT2D eigenvalue weighted by Gasteiger charge is 2.42. The zero-order valence-corrected chi connectivity index (χ0v) is 58.1. The molecular weight excluding hydrogens is 1440 g/mol. The van der Waals surface area contributed by atoms with Gasteiger partial charge in [0.25, 0.3) is 0 Å². The van der Waals surface area contributed by atoms with Crippen molar-refractivity contribution in [3.05, 3.63) is 59.7 Å². The van der Waals surface area contributed by atoms with Crippen LogP contribution in [0.15, 0.2) is 48.5 Å². The molecule has 2 aromatic carbocycles. The molecule has 13 amide bonds. The third-order valence-electron chi connectivity index (χ3n) is 16.4. The number of carbonyl (C=O) groups is 20. The van der Waals surface area contributed by atoms with Crippen LogP contribution in [0.5, 0.6) is 11.5 Å². The van der Waals surface area contributed by atoms with Gasteiger partial charge in [0.1, 0.15) is 90.0 Å². The summed E-state index contributed by atoms with van der Waals surface area (Å²) in [7, 11) is 0. The number of phenolic OH excluding ortho intramolecular Hbond substituents is 2. The van der Waals surface area contributed by atoms with Crippen LogP contribution in [-0.2, 0) is 109 Å². The Morgan fingerprint density at radius 1 is 0.389 bits per heavy atom. The van der Waals surface area contributed by atoms with Crippen molar-refractivity contribution in [1.29, 1.82) is 0 Å². The molecule has 2 heterocycles. The molecule has 2 aliphatic heterocycles. The van der Waals surface area contributed by atoms with E-state index in [0.29, 0.717) is 0 Å². The molecule has 0 unspecified atom stereocenters. The lowest BCUT2D eigenvalue weighted by atomic mass is 10.0. The largest absolute Gasteiger partial charge is 0.508 e. The summed E-state index contributed by atoms with van der Waals surface area (Å²) in [6, 6.07) is -16.5. The van der Waals surface area contributed by atoms with E-state index in [-0.39, 0.29) is 48.4 Å². The van der Waals surface area contributed by atoms with Gasteiger partial charge in [-0.15, -0.1) is 0 Å². The molecule has 0 spiro atoms. The summed E-state index contributed by atoms with van der Waals surface area (Å²) in [4.78, 5) is 268. The van der Waals surface area contributed by atoms with Crippen molar-refractivity contribution in [1.82, 2.24) is 68.7 Å². The molecule has 2 aliphatic rings. The summed E-state index contributed by atoms with van der Waals surface area (Å²) in [5.74, 6) is -31.2. The second kappa shape index (κ2) is 41.8. The second-order valence-electron chi connectivity index (χ2n) is 25.5. The Morgan fingerprint density at radius 2 is 0.704 bits per heavy atom. The summed E-state index contributed by atoms with van der Waals surface area (Å²) in [6.45, 7) is 2.31. The van der Waals surface area contributed by atoms with E-state index in [0.717, 1.165) is 36.1 Å². The Bertz CT molecular complexity index is 3720. The Hall–Kier alpha value is -12.6. The normalized spacial score (nSPS) is 25.3. The topological polar surface area (TPSA) is 691 Å². The van der Waals surface area contributed by atoms with Crippen molar-refractivity contribution in [3.8, 4) is 11.5 Å². The molecule has 0 saturated carbocycles. The molecule has 43 heteroatoms. The summed E-state index contributed by atoms with van der Waals surface area (Å²) in [5.41, 5.74) is 0.301. The number of aliphatic carboxylic acids is 7. The minimum absolute atomic E-state index is 0.0171. The van der Waals surface area contributed by atoms with Crippen molar-refractivity contribution in [2.45, 2.75) is 189 Å². The molecular formula is C65H85N13O30. The number of carbonyl (C=O) groups excluding carboxylic acids is 13. The van der Waals surface area contributed by atoms with Gasteiger partial charge in [0.05, 0.1) is 38.7 Å². The van der Waals surface area contributed by atoms with E-state index >= 15 is 0 Å². The second-order valence-corrected chi connectivity index (χ2v) is 25.5. The Balaban J connectivity index is 1.82. The lowest BCUT2D eigenvalue weighted by Gasteiger charge is -2.30. The molecule has 22 N–H and O–H groups in total. The number of fused-ring (bicyclic) bond motifs is 1. The minimum Gasteiger partial charge on any atom is -0.508 e. The average Bonchev–Trinajstić information content (AvgIpc) is 1.62. The van der Waals surface area contributed by atoms with Crippen LogP contribution in [0.3, 0.4) is 0 Å². The van der Waals surface area contributed by atoms with Crippen molar-refractivity contribution in [2.24, 2.45) is 5.92 Å². The predicted octanol–water partition coefficient (Wildman–Crippen LogP) is -7.13. The number of carboxylic acid groups (broad SMARTS) is 7. The van der Waals surface area contributed by atoms with Crippen LogP contribution in [0, 0.1) is 5.92 Å². The van der Waals surface area contributed by atoms with Crippen molar-refractivity contribution in [3.63, 3.8) is 0 Å². The third-order valence-corrected chi connectivity index (χ3v) is 16.4. The molecule has 2 aromatic rings. The number of hydrogen-bond acceptors (Lipinski definition) is 23. The number of benzene rings is 2. The van der Waals surface area contributed by atoms with Crippen LogP contribution in [-0.4, -0.2) is 266 Å². The summed E-state index contributed by atoms with van der Waals surface area (Å²) in [6.07, 6.45) is -11.6. The van der Waals surface area contributed by atoms with Crippen LogP contribution >= 0.6 is 0 Å². The van der Waals surface area contributed by atoms with Crippen LogP contribution in [0.1, 0.15) is 109 Å². The number of aromatic hydroxyl groups is 2. The number of hydrogen-bond donors (Lipinski definition) is 22. The molecule has 13 atom stereocenters. The fourth-order valence-electron chi connectivity index (χ4n) is 10.9. The van der Waals surface area contributed by atoms with Gasteiger partial charge in [-0.3, -0.25) is 86.3 Å². The number of aliphatic hydroxyl groups excluding tert-OH is 1. The first-order valence-electron chi connectivity index (χ1n) is 33.3. The van der Waals surface area contributed by atoms with Crippen LogP contribution in [0.4, 0.5) is 0 Å². The van der Waals surface area contributed by atoms with Gasteiger partial charge in [-0.25, -0.2) is 9.59 Å². The minimum atomic E-state index is -2.21. The molecule has 0 aliphatic carbocycles. The highest BCUT2D eigenvalue weighted by molar-refractivity contribution is 6.02. The number of nitrogens with one attached hydrogen (secondary N) is 12. The number of carboxylic acids is 7. The SMILES string of the molecule is CC(C)C[C@@H]1NC(=O)[C@@H](CC(=O)O)NC(=O)[C@H](CO)NC(=O)[C@H](Cc2ccc(O)cc2)NC(=O)[C@H](CC(=O)O)NC(=O)[C@H](Cc2ccc(O)cc2)NC(=O)CC[C@H](C(=O)O)NC(=O)[C@@H](CC(=O)O)NC(=O)[C@@H]2CCCN2C(=O)[C@@H](CC(=O)O)NC(=O)[C@H](C)NC(=O)[C@@H](CC(=O)O)NC(=O)CC[C@H](C(=O)O)NC1=O. The summed E-state index contributed by atoms with van der Waals surface area (Å²) >= 11 is 0. The molecule has 2 fully saturated rings. The lowest BCUT2D eigenvalue weighted by molar-refractivity contribution is -0.147. The van der Waals surface area contributed by atoms with Gasteiger partial charge in [0.15, 0.2) is 0 Å². The standard InChI is InChI=1S/C65H85N13O30/c1-28(2)19-36-55(96)69-34(64(105)106)15-17-47(83)68-39(22-48(84)85)54(95)66-29(3)53(94)76-43(26-52(92)93)63(104)78-18-4-5-45(78)62(103)75-42(25-51(90)91)58(99)70-35(65(107)108)14-16-46(82)67-37(20-30-6-10-32(80)11-7-30)56(97)73-40(23-49(86)87)60(101)72-38(21-31-8-12-33(81)13-9-31)57(98)77-44(27-79)61(102)74-41(24-50(88)89)59(100)71-36/h6-13,28-29,34-45,79-81H,4-5,14-27H2,1-3H3,(H,66,95)(H,67,82)(H,68,83)(H,69,96)(H,70,99)(H,71,100)(H,72,101)(H,73,97)(H,74,102)(H,75,103)(H,76,94)(H,77,98)(H,84,85)(H,86,87)(H,88,89)(H,90,91)(H,92,93)(H,105,106)(H,107,108)/t29-,34+,35+,36-,37-,38-,39+,40-,41+,42+,43+,44-,45-/m0/s1. The maximum absolute atomic E-state index is 14.3. The Kier molecular flexibility index (Phi) is 34.0. The fraction of sp³-hybridized carbons (Fsp3) is 0.508. The number of phenols is 2. The number of amides is 13. The zero-order chi connectivity index (χ0) is 81.0. The van der Waals surface area contributed by atoms with E-state index in [1.165, 1.54) is 38.1 Å². The van der Waals surface area contributed by atoms with E-state index in [1.807, 2.05) is 16.0 Å². The van der Waals surface area contributed by atoms with E-state index < -0.39 is 280 Å². The maximum atomic E-state index is 14.3. The number of nitrogens with zero attached hydrogens (tertiary/aromatic N) is 1. The van der Waals surface area contributed by atoms with Gasteiger partial charge in [-0.2, -0.15) is 0 Å². The first-order chi connectivity index (χ1) is 50.6. The highest BCUT2D eigenvalue weighted by Crippen LogP contribution is 2.21. The van der Waals surface area contributed by atoms with Gasteiger partial charge < -0.3 is 120 Å². The van der Waals surface area contributed by atoms with Crippen LogP contribution < -0.4 is 63.8 Å². The van der Waals surface area contributed by atoms with Gasteiger partial charge >= 0.3 is 41.8 Å². The number of rotatable bonds is 19. The Morgan fingerprint density at radius 3 is 1.11 bits per heavy atom. The average molecular weight is 1530 g/mol. The first-order valence-corrected chi connectivity index (χ1v) is 33.3. The molecule has 0 aromatic heterocycles. The highest BCUT2D eigenvalue weighted by atomic mass is 16.4. The van der Waals surface area contributed by atoms with E-state index in [9.17, 15) is 147 Å². The van der Waals surface area contributed by atoms with Crippen molar-refractivity contribution in [2.75, 3.05) is 13.2 Å². The third kappa shape index (κ3) is 29.1. The van der Waals surface area contributed by atoms with Gasteiger partial charge in [-0.05, 0) is 80.3 Å². The molecule has 0 radical (unpaired) electrons. The van der Waals surface area contributed by atoms with E-state index in [4.69, 9.17) is 0 Å². The smallest absolute Gasteiger partial charge is 0.326 e. The van der Waals surface area contributed by atoms with E-state index in [2.05, 4.69) is 47.9 Å². The fourth-order valence-corrected chi connectivity index (χ4v) is 10.9. The monoisotopic (exact) mass is 1530 g/mol. The molecule has 43 nitrogen and oxygen atoms in total. The molecule has 108 heavy (non-hydrogen) atoms. The molecule has 2 saturated heterocycles. The van der Waals surface area contributed by atoms with Crippen molar-refractivity contribution < 1.29 is 147 Å². The summed E-state index contributed by atoms with van der Waals surface area (Å²) in [5, 5.41) is 125. The lowest BCUT2D eigenvalue weighted by Crippen LogP contribution is -2.61. The molecule has 590 valence electrons. The van der Waals surface area contributed by atoms with Crippen LogP contribution in [0.25, 0.3) is 0 Å².